The van der Waals surface area contributed by atoms with E-state index in [1.54, 1.807) is 33.3 Å². The van der Waals surface area contributed by atoms with Crippen LogP contribution in [-0.4, -0.2) is 71.5 Å². The zero-order chi connectivity index (χ0) is 19.9. The van der Waals surface area contributed by atoms with Crippen LogP contribution in [0.3, 0.4) is 0 Å². The normalized spacial score (nSPS) is 16.6. The standard InChI is InChI=1S/C19H32N4O3S/c1-20-19(23(4)12-9-16-10-13-26-14-11-16)21-15-17-7-5-6-8-18(17)27(24,25)22(2)3/h5-8,16H,9-15H2,1-4H3,(H,20,21). The quantitative estimate of drug-likeness (QED) is 0.562. The summed E-state index contributed by atoms with van der Waals surface area (Å²) in [4.78, 5) is 6.76. The minimum absolute atomic E-state index is 0.322. The van der Waals surface area contributed by atoms with Crippen LogP contribution in [0.15, 0.2) is 34.2 Å². The van der Waals surface area contributed by atoms with Crippen molar-refractivity contribution in [3.05, 3.63) is 29.8 Å². The molecule has 1 aromatic carbocycles. The van der Waals surface area contributed by atoms with E-state index in [9.17, 15) is 8.42 Å². The fraction of sp³-hybridized carbons (Fsp3) is 0.632. The van der Waals surface area contributed by atoms with Gasteiger partial charge in [-0.05, 0) is 36.8 Å². The van der Waals surface area contributed by atoms with Crippen LogP contribution >= 0.6 is 0 Å². The zero-order valence-corrected chi connectivity index (χ0v) is 17.6. The average molecular weight is 397 g/mol. The Hall–Kier alpha value is -1.64. The number of ether oxygens (including phenoxy) is 1. The summed E-state index contributed by atoms with van der Waals surface area (Å²) < 4.78 is 31.7. The molecule has 0 atom stereocenters. The number of hydrogen-bond donors (Lipinski definition) is 1. The summed E-state index contributed by atoms with van der Waals surface area (Å²) in [5, 5.41) is 3.29. The van der Waals surface area contributed by atoms with Crippen LogP contribution in [0.4, 0.5) is 0 Å². The number of nitrogens with one attached hydrogen (secondary N) is 1. The molecule has 1 aliphatic heterocycles. The van der Waals surface area contributed by atoms with Crippen molar-refractivity contribution in [2.24, 2.45) is 10.9 Å². The molecule has 152 valence electrons. The molecule has 1 heterocycles. The first kappa shape index (κ1) is 21.7. The molecule has 0 amide bonds. The molecule has 27 heavy (non-hydrogen) atoms. The lowest BCUT2D eigenvalue weighted by Gasteiger charge is -2.27. The number of benzene rings is 1. The maximum Gasteiger partial charge on any atom is 0.242 e. The highest BCUT2D eigenvalue weighted by atomic mass is 32.2. The SMILES string of the molecule is CN=C(NCc1ccccc1S(=O)(=O)N(C)C)N(C)CCC1CCOCC1. The molecule has 1 aromatic rings. The summed E-state index contributed by atoms with van der Waals surface area (Å²) in [7, 11) is 3.37. The molecule has 7 nitrogen and oxygen atoms in total. The molecule has 1 fully saturated rings. The van der Waals surface area contributed by atoms with Gasteiger partial charge in [-0.2, -0.15) is 0 Å². The molecule has 1 N–H and O–H groups in total. The van der Waals surface area contributed by atoms with E-state index in [1.165, 1.54) is 4.31 Å². The van der Waals surface area contributed by atoms with Gasteiger partial charge in [0.25, 0.3) is 0 Å². The maximum atomic E-state index is 12.5. The fourth-order valence-electron chi connectivity index (χ4n) is 3.17. The van der Waals surface area contributed by atoms with Gasteiger partial charge in [0.05, 0.1) is 4.90 Å². The van der Waals surface area contributed by atoms with Gasteiger partial charge in [0, 0.05) is 54.5 Å². The first-order valence-electron chi connectivity index (χ1n) is 9.36. The lowest BCUT2D eigenvalue weighted by Crippen LogP contribution is -2.40. The molecular formula is C19H32N4O3S. The van der Waals surface area contributed by atoms with E-state index in [2.05, 4.69) is 15.2 Å². The molecule has 2 rings (SSSR count). The molecule has 0 aromatic heterocycles. The second-order valence-corrected chi connectivity index (χ2v) is 9.18. The van der Waals surface area contributed by atoms with Crippen molar-refractivity contribution in [1.29, 1.82) is 0 Å². The predicted octanol–water partition coefficient (Wildman–Crippen LogP) is 1.76. The van der Waals surface area contributed by atoms with Crippen LogP contribution in [0.1, 0.15) is 24.8 Å². The van der Waals surface area contributed by atoms with Crippen LogP contribution in [-0.2, 0) is 21.3 Å². The van der Waals surface area contributed by atoms with Gasteiger partial charge >= 0.3 is 0 Å². The summed E-state index contributed by atoms with van der Waals surface area (Å²) >= 11 is 0. The number of rotatable bonds is 7. The number of hydrogen-bond acceptors (Lipinski definition) is 4. The Balaban J connectivity index is 1.98. The summed E-state index contributed by atoms with van der Waals surface area (Å²) in [5.41, 5.74) is 0.727. The maximum absolute atomic E-state index is 12.5. The molecule has 1 saturated heterocycles. The lowest BCUT2D eigenvalue weighted by atomic mass is 9.96. The largest absolute Gasteiger partial charge is 0.381 e. The Bertz CT molecular complexity index is 728. The monoisotopic (exact) mass is 396 g/mol. The second kappa shape index (κ2) is 10.1. The summed E-state index contributed by atoms with van der Waals surface area (Å²) in [6.45, 7) is 3.02. The summed E-state index contributed by atoms with van der Waals surface area (Å²) in [6.07, 6.45) is 3.34. The topological polar surface area (TPSA) is 74.2 Å². The molecule has 0 bridgehead atoms. The van der Waals surface area contributed by atoms with Gasteiger partial charge in [0.1, 0.15) is 0 Å². The summed E-state index contributed by atoms with van der Waals surface area (Å²) in [5.74, 6) is 1.46. The van der Waals surface area contributed by atoms with Crippen molar-refractivity contribution in [2.45, 2.75) is 30.7 Å². The minimum Gasteiger partial charge on any atom is -0.381 e. The first-order chi connectivity index (χ1) is 12.9. The molecule has 8 heteroatoms. The van der Waals surface area contributed by atoms with Crippen molar-refractivity contribution < 1.29 is 13.2 Å². The third-order valence-corrected chi connectivity index (χ3v) is 6.87. The Morgan fingerprint density at radius 2 is 1.89 bits per heavy atom. The fourth-order valence-corrected chi connectivity index (χ4v) is 4.29. The molecule has 0 spiro atoms. The number of sulfonamides is 1. The predicted molar refractivity (Wildman–Crippen MR) is 108 cm³/mol. The van der Waals surface area contributed by atoms with Gasteiger partial charge in [0.2, 0.25) is 10.0 Å². The summed E-state index contributed by atoms with van der Waals surface area (Å²) in [6, 6.07) is 7.07. The number of guanidine groups is 1. The Kier molecular flexibility index (Phi) is 8.07. The van der Waals surface area contributed by atoms with E-state index in [0.29, 0.717) is 17.4 Å². The van der Waals surface area contributed by atoms with E-state index >= 15 is 0 Å². The number of nitrogens with zero attached hydrogens (tertiary/aromatic N) is 3. The third kappa shape index (κ3) is 5.92. The average Bonchev–Trinajstić information content (AvgIpc) is 2.67. The highest BCUT2D eigenvalue weighted by Crippen LogP contribution is 2.19. The van der Waals surface area contributed by atoms with E-state index in [1.807, 2.05) is 19.2 Å². The lowest BCUT2D eigenvalue weighted by molar-refractivity contribution is 0.0625. The van der Waals surface area contributed by atoms with Crippen molar-refractivity contribution in [3.8, 4) is 0 Å². The van der Waals surface area contributed by atoms with Gasteiger partial charge in [-0.1, -0.05) is 18.2 Å². The highest BCUT2D eigenvalue weighted by molar-refractivity contribution is 7.89. The van der Waals surface area contributed by atoms with Gasteiger partial charge in [-0.15, -0.1) is 0 Å². The molecule has 0 unspecified atom stereocenters. The van der Waals surface area contributed by atoms with E-state index in [-0.39, 0.29) is 0 Å². The number of aliphatic imine (C=N–C) groups is 1. The van der Waals surface area contributed by atoms with Crippen molar-refractivity contribution in [3.63, 3.8) is 0 Å². The van der Waals surface area contributed by atoms with Crippen LogP contribution in [0.5, 0.6) is 0 Å². The molecule has 1 aliphatic rings. The van der Waals surface area contributed by atoms with Gasteiger partial charge in [-0.25, -0.2) is 12.7 Å². The molecule has 0 saturated carbocycles. The minimum atomic E-state index is -3.48. The first-order valence-corrected chi connectivity index (χ1v) is 10.8. The smallest absolute Gasteiger partial charge is 0.242 e. The molecule has 0 aliphatic carbocycles. The molecular weight excluding hydrogens is 364 g/mol. The van der Waals surface area contributed by atoms with E-state index < -0.39 is 10.0 Å². The van der Waals surface area contributed by atoms with Crippen LogP contribution in [0.25, 0.3) is 0 Å². The van der Waals surface area contributed by atoms with E-state index in [4.69, 9.17) is 4.74 Å². The zero-order valence-electron chi connectivity index (χ0n) is 16.8. The highest BCUT2D eigenvalue weighted by Gasteiger charge is 2.21. The Labute approximate surface area is 163 Å². The van der Waals surface area contributed by atoms with Crippen LogP contribution in [0, 0.1) is 5.92 Å². The van der Waals surface area contributed by atoms with Crippen molar-refractivity contribution >= 4 is 16.0 Å². The third-order valence-electron chi connectivity index (χ3n) is 4.96. The Morgan fingerprint density at radius 1 is 1.22 bits per heavy atom. The van der Waals surface area contributed by atoms with E-state index in [0.717, 1.165) is 50.5 Å². The van der Waals surface area contributed by atoms with Crippen molar-refractivity contribution in [1.82, 2.24) is 14.5 Å². The van der Waals surface area contributed by atoms with Crippen molar-refractivity contribution in [2.75, 3.05) is 47.9 Å². The Morgan fingerprint density at radius 3 is 2.52 bits per heavy atom. The van der Waals surface area contributed by atoms with Gasteiger partial charge in [0.15, 0.2) is 5.96 Å². The van der Waals surface area contributed by atoms with Crippen LogP contribution < -0.4 is 5.32 Å². The molecule has 0 radical (unpaired) electrons. The second-order valence-electron chi connectivity index (χ2n) is 7.06. The van der Waals surface area contributed by atoms with Gasteiger partial charge in [-0.3, -0.25) is 4.99 Å². The van der Waals surface area contributed by atoms with Crippen LogP contribution in [0.2, 0.25) is 0 Å². The van der Waals surface area contributed by atoms with Gasteiger partial charge < -0.3 is 15.0 Å².